The van der Waals surface area contributed by atoms with E-state index in [1.807, 2.05) is 24.3 Å². The molecule has 0 spiro atoms. The average molecular weight is 314 g/mol. The summed E-state index contributed by atoms with van der Waals surface area (Å²) in [5, 5.41) is 2.84. The Hall–Kier alpha value is -2.60. The number of H-pyrrole nitrogens is 1. The first-order valence-corrected chi connectivity index (χ1v) is 7.51. The van der Waals surface area contributed by atoms with Crippen LogP contribution in [0.2, 0.25) is 0 Å². The number of benzene rings is 2. The SMILES string of the molecule is COc1cccc(CC(=O)Nc2ccc3[nH]c(=O)sc3c2)c1. The highest BCUT2D eigenvalue weighted by atomic mass is 32.1. The number of hydrogen-bond acceptors (Lipinski definition) is 4. The standard InChI is InChI=1S/C16H14N2O3S/c1-21-12-4-2-3-10(7-12)8-15(19)17-11-5-6-13-14(9-11)22-16(20)18-13/h2-7,9H,8H2,1H3,(H,17,19)(H,18,20). The molecule has 0 atom stereocenters. The highest BCUT2D eigenvalue weighted by molar-refractivity contribution is 7.16. The van der Waals surface area contributed by atoms with Gasteiger partial charge in [-0.25, -0.2) is 0 Å². The number of nitrogens with one attached hydrogen (secondary N) is 2. The Labute approximate surface area is 130 Å². The summed E-state index contributed by atoms with van der Waals surface area (Å²) in [5.41, 5.74) is 2.33. The highest BCUT2D eigenvalue weighted by Gasteiger charge is 2.07. The molecule has 1 aromatic heterocycles. The van der Waals surface area contributed by atoms with Gasteiger partial charge >= 0.3 is 4.87 Å². The predicted octanol–water partition coefficient (Wildman–Crippen LogP) is 2.78. The molecule has 0 aliphatic rings. The van der Waals surface area contributed by atoms with Crippen LogP contribution in [0.25, 0.3) is 10.2 Å². The Morgan fingerprint density at radius 1 is 1.27 bits per heavy atom. The fourth-order valence-electron chi connectivity index (χ4n) is 2.20. The van der Waals surface area contributed by atoms with Crippen LogP contribution in [0, 0.1) is 0 Å². The Morgan fingerprint density at radius 3 is 2.95 bits per heavy atom. The monoisotopic (exact) mass is 314 g/mol. The van der Waals surface area contributed by atoms with Crippen LogP contribution in [0.1, 0.15) is 5.56 Å². The van der Waals surface area contributed by atoms with Gasteiger partial charge in [-0.2, -0.15) is 0 Å². The molecular weight excluding hydrogens is 300 g/mol. The van der Waals surface area contributed by atoms with Crippen molar-refractivity contribution in [1.82, 2.24) is 4.98 Å². The topological polar surface area (TPSA) is 71.2 Å². The van der Waals surface area contributed by atoms with Crippen molar-refractivity contribution >= 4 is 33.1 Å². The average Bonchev–Trinajstić information content (AvgIpc) is 2.86. The van der Waals surface area contributed by atoms with E-state index in [4.69, 9.17) is 4.74 Å². The molecule has 22 heavy (non-hydrogen) atoms. The minimum atomic E-state index is -0.115. The van der Waals surface area contributed by atoms with E-state index in [9.17, 15) is 9.59 Å². The zero-order valence-electron chi connectivity index (χ0n) is 11.9. The summed E-state index contributed by atoms with van der Waals surface area (Å²) in [4.78, 5) is 26.0. The summed E-state index contributed by atoms with van der Waals surface area (Å²) < 4.78 is 5.97. The second-order valence-electron chi connectivity index (χ2n) is 4.80. The van der Waals surface area contributed by atoms with Gasteiger partial charge in [-0.05, 0) is 35.9 Å². The molecule has 0 saturated carbocycles. The van der Waals surface area contributed by atoms with Gasteiger partial charge in [-0.15, -0.1) is 0 Å². The third-order valence-electron chi connectivity index (χ3n) is 3.20. The van der Waals surface area contributed by atoms with E-state index < -0.39 is 0 Å². The fraction of sp³-hybridized carbons (Fsp3) is 0.125. The Balaban J connectivity index is 1.73. The summed E-state index contributed by atoms with van der Waals surface area (Å²) in [5.74, 6) is 0.610. The second-order valence-corrected chi connectivity index (χ2v) is 5.82. The molecule has 0 unspecified atom stereocenters. The maximum Gasteiger partial charge on any atom is 0.305 e. The van der Waals surface area contributed by atoms with E-state index in [1.165, 1.54) is 0 Å². The first-order chi connectivity index (χ1) is 10.6. The number of thiazole rings is 1. The molecule has 5 nitrogen and oxygen atoms in total. The number of aromatic amines is 1. The van der Waals surface area contributed by atoms with Gasteiger partial charge in [0.1, 0.15) is 5.75 Å². The van der Waals surface area contributed by atoms with E-state index in [0.29, 0.717) is 5.69 Å². The van der Waals surface area contributed by atoms with Crippen molar-refractivity contribution in [2.45, 2.75) is 6.42 Å². The van der Waals surface area contributed by atoms with Crippen LogP contribution in [0.4, 0.5) is 5.69 Å². The number of anilines is 1. The third-order valence-corrected chi connectivity index (χ3v) is 4.05. The number of fused-ring (bicyclic) bond motifs is 1. The van der Waals surface area contributed by atoms with E-state index in [-0.39, 0.29) is 17.2 Å². The van der Waals surface area contributed by atoms with Crippen molar-refractivity contribution in [2.24, 2.45) is 0 Å². The number of methoxy groups -OCH3 is 1. The molecule has 0 fully saturated rings. The van der Waals surface area contributed by atoms with Crippen molar-refractivity contribution in [1.29, 1.82) is 0 Å². The van der Waals surface area contributed by atoms with Crippen LogP contribution < -0.4 is 14.9 Å². The Morgan fingerprint density at radius 2 is 2.14 bits per heavy atom. The van der Waals surface area contributed by atoms with Crippen LogP contribution in [0.15, 0.2) is 47.3 Å². The summed E-state index contributed by atoms with van der Waals surface area (Å²) >= 11 is 1.12. The van der Waals surface area contributed by atoms with Crippen LogP contribution in [0.5, 0.6) is 5.75 Å². The molecule has 6 heteroatoms. The highest BCUT2D eigenvalue weighted by Crippen LogP contribution is 2.20. The molecule has 3 rings (SSSR count). The minimum Gasteiger partial charge on any atom is -0.497 e. The Kier molecular flexibility index (Phi) is 3.93. The normalized spacial score (nSPS) is 10.6. The summed E-state index contributed by atoms with van der Waals surface area (Å²) in [6.07, 6.45) is 0.263. The molecule has 1 amide bonds. The van der Waals surface area contributed by atoms with Crippen molar-refractivity contribution in [3.8, 4) is 5.75 Å². The molecule has 3 aromatic rings. The summed E-state index contributed by atoms with van der Waals surface area (Å²) in [6.45, 7) is 0. The maximum atomic E-state index is 12.1. The molecule has 0 radical (unpaired) electrons. The lowest BCUT2D eigenvalue weighted by molar-refractivity contribution is -0.115. The molecule has 0 bridgehead atoms. The molecule has 0 saturated heterocycles. The number of amides is 1. The predicted molar refractivity (Wildman–Crippen MR) is 87.8 cm³/mol. The summed E-state index contributed by atoms with van der Waals surface area (Å²) in [6, 6.07) is 12.8. The molecule has 0 aliphatic carbocycles. The number of aromatic nitrogens is 1. The van der Waals surface area contributed by atoms with Crippen LogP contribution in [0.3, 0.4) is 0 Å². The van der Waals surface area contributed by atoms with E-state index >= 15 is 0 Å². The van der Waals surface area contributed by atoms with Gasteiger partial charge in [0.05, 0.1) is 23.7 Å². The first kappa shape index (κ1) is 14.3. The maximum absolute atomic E-state index is 12.1. The van der Waals surface area contributed by atoms with Crippen molar-refractivity contribution in [3.63, 3.8) is 0 Å². The minimum absolute atomic E-state index is 0.102. The van der Waals surface area contributed by atoms with E-state index in [1.54, 1.807) is 25.3 Å². The van der Waals surface area contributed by atoms with Gasteiger partial charge in [0, 0.05) is 5.69 Å². The second kappa shape index (κ2) is 6.03. The molecule has 2 aromatic carbocycles. The van der Waals surface area contributed by atoms with E-state index in [2.05, 4.69) is 10.3 Å². The van der Waals surface area contributed by atoms with Gasteiger partial charge in [-0.3, -0.25) is 9.59 Å². The van der Waals surface area contributed by atoms with Gasteiger partial charge < -0.3 is 15.0 Å². The van der Waals surface area contributed by atoms with Gasteiger partial charge in [0.25, 0.3) is 0 Å². The molecule has 0 aliphatic heterocycles. The van der Waals surface area contributed by atoms with Gasteiger partial charge in [-0.1, -0.05) is 23.5 Å². The fourth-order valence-corrected chi connectivity index (χ4v) is 2.97. The third kappa shape index (κ3) is 3.17. The lowest BCUT2D eigenvalue weighted by Gasteiger charge is -2.06. The Bertz CT molecular complexity index is 882. The largest absolute Gasteiger partial charge is 0.497 e. The number of rotatable bonds is 4. The number of hydrogen-bond donors (Lipinski definition) is 2. The number of carbonyl (C=O) groups excluding carboxylic acids is 1. The lowest BCUT2D eigenvalue weighted by atomic mass is 10.1. The lowest BCUT2D eigenvalue weighted by Crippen LogP contribution is -2.14. The van der Waals surface area contributed by atoms with Crippen LogP contribution >= 0.6 is 11.3 Å². The van der Waals surface area contributed by atoms with Gasteiger partial charge in [0.2, 0.25) is 5.91 Å². The molecule has 112 valence electrons. The van der Waals surface area contributed by atoms with Crippen molar-refractivity contribution in [2.75, 3.05) is 12.4 Å². The van der Waals surface area contributed by atoms with Crippen molar-refractivity contribution in [3.05, 3.63) is 57.7 Å². The first-order valence-electron chi connectivity index (χ1n) is 6.70. The molecular formula is C16H14N2O3S. The molecule has 2 N–H and O–H groups in total. The smallest absolute Gasteiger partial charge is 0.305 e. The van der Waals surface area contributed by atoms with Crippen molar-refractivity contribution < 1.29 is 9.53 Å². The number of ether oxygens (including phenoxy) is 1. The quantitative estimate of drug-likeness (QED) is 0.778. The van der Waals surface area contributed by atoms with Crippen LogP contribution in [-0.2, 0) is 11.2 Å². The van der Waals surface area contributed by atoms with E-state index in [0.717, 1.165) is 32.9 Å². The zero-order valence-corrected chi connectivity index (χ0v) is 12.7. The zero-order chi connectivity index (χ0) is 15.5. The summed E-state index contributed by atoms with van der Waals surface area (Å²) in [7, 11) is 1.59. The molecule has 1 heterocycles. The number of carbonyl (C=O) groups is 1. The van der Waals surface area contributed by atoms with Gasteiger partial charge in [0.15, 0.2) is 0 Å². The van der Waals surface area contributed by atoms with Crippen LogP contribution in [-0.4, -0.2) is 18.0 Å².